The van der Waals surface area contributed by atoms with Gasteiger partial charge < -0.3 is 15.0 Å². The van der Waals surface area contributed by atoms with Crippen LogP contribution in [0.4, 0.5) is 0 Å². The van der Waals surface area contributed by atoms with Crippen LogP contribution in [0.25, 0.3) is 0 Å². The summed E-state index contributed by atoms with van der Waals surface area (Å²) < 4.78 is 1.82. The molecule has 0 saturated carbocycles. The van der Waals surface area contributed by atoms with Crippen molar-refractivity contribution >= 4 is 5.78 Å². The first-order chi connectivity index (χ1) is 11.0. The van der Waals surface area contributed by atoms with Crippen LogP contribution in [0.15, 0.2) is 17.1 Å². The number of carbonyl (C=O) groups is 1. The van der Waals surface area contributed by atoms with Crippen LogP contribution in [0, 0.1) is 19.3 Å². The molecule has 0 spiro atoms. The molecule has 3 N–H and O–H groups in total. The number of ketones is 1. The molecule has 1 heterocycles. The number of Topliss-reactive ketones (excluding diaryl/α,β-unsaturated/α-hetero) is 1. The molecule has 0 aliphatic rings. The molecule has 1 aromatic rings. The van der Waals surface area contributed by atoms with Crippen LogP contribution in [0.3, 0.4) is 0 Å². The topological polar surface area (TPSA) is 83.4 Å². The van der Waals surface area contributed by atoms with Gasteiger partial charge in [-0.3, -0.25) is 14.9 Å². The van der Waals surface area contributed by atoms with Crippen molar-refractivity contribution in [1.29, 1.82) is 0 Å². The number of rotatable bonds is 10. The van der Waals surface area contributed by atoms with Gasteiger partial charge in [0.05, 0.1) is 24.8 Å². The number of aromatic hydroxyl groups is 1. The number of carbonyl (C=O) groups excluding carboxylic acids is 1. The van der Waals surface area contributed by atoms with E-state index in [1.807, 2.05) is 11.5 Å². The van der Waals surface area contributed by atoms with Crippen molar-refractivity contribution in [3.8, 4) is 18.1 Å². The second-order valence-electron chi connectivity index (χ2n) is 5.35. The van der Waals surface area contributed by atoms with Gasteiger partial charge >= 0.3 is 0 Å². The zero-order valence-corrected chi connectivity index (χ0v) is 13.8. The van der Waals surface area contributed by atoms with Gasteiger partial charge in [-0.15, -0.1) is 6.42 Å². The van der Waals surface area contributed by atoms with E-state index in [1.165, 1.54) is 6.07 Å². The lowest BCUT2D eigenvalue weighted by Crippen LogP contribution is -2.41. The molecule has 23 heavy (non-hydrogen) atoms. The van der Waals surface area contributed by atoms with E-state index in [0.29, 0.717) is 38.3 Å². The van der Waals surface area contributed by atoms with E-state index in [-0.39, 0.29) is 23.0 Å². The zero-order chi connectivity index (χ0) is 17.2. The SMILES string of the molecule is C#CCNC(CC)C(=O)CNCCCn1ccc(=O)c(O)c1C. The summed E-state index contributed by atoms with van der Waals surface area (Å²) in [4.78, 5) is 23.3. The number of terminal acetylenes is 1. The Labute approximate surface area is 136 Å². The summed E-state index contributed by atoms with van der Waals surface area (Å²) in [6.45, 7) is 5.66. The van der Waals surface area contributed by atoms with Crippen molar-refractivity contribution in [2.24, 2.45) is 0 Å². The number of hydrogen-bond donors (Lipinski definition) is 3. The summed E-state index contributed by atoms with van der Waals surface area (Å²) in [6, 6.07) is 1.14. The van der Waals surface area contributed by atoms with Gasteiger partial charge in [0.15, 0.2) is 11.5 Å². The first-order valence-electron chi connectivity index (χ1n) is 7.80. The largest absolute Gasteiger partial charge is 0.503 e. The van der Waals surface area contributed by atoms with Crippen LogP contribution >= 0.6 is 0 Å². The van der Waals surface area contributed by atoms with Gasteiger partial charge in [0.2, 0.25) is 5.43 Å². The van der Waals surface area contributed by atoms with Crippen molar-refractivity contribution in [3.63, 3.8) is 0 Å². The Bertz CT molecular complexity index is 616. The molecular weight excluding hydrogens is 294 g/mol. The predicted octanol–water partition coefficient (Wildman–Crippen LogP) is 0.413. The van der Waals surface area contributed by atoms with E-state index < -0.39 is 0 Å². The van der Waals surface area contributed by atoms with Crippen molar-refractivity contribution in [2.45, 2.75) is 39.3 Å². The lowest BCUT2D eigenvalue weighted by Gasteiger charge is -2.15. The number of nitrogens with zero attached hydrogens (tertiary/aromatic N) is 1. The summed E-state index contributed by atoms with van der Waals surface area (Å²) in [6.07, 6.45) is 8.33. The predicted molar refractivity (Wildman–Crippen MR) is 90.5 cm³/mol. The molecule has 0 saturated heterocycles. The molecule has 0 aliphatic heterocycles. The molecule has 126 valence electrons. The highest BCUT2D eigenvalue weighted by atomic mass is 16.3. The molecule has 0 radical (unpaired) electrons. The van der Waals surface area contributed by atoms with Crippen LogP contribution in [-0.4, -0.2) is 41.1 Å². The maximum absolute atomic E-state index is 12.0. The first kappa shape index (κ1) is 18.9. The van der Waals surface area contributed by atoms with E-state index >= 15 is 0 Å². The highest BCUT2D eigenvalue weighted by molar-refractivity contribution is 5.85. The second kappa shape index (κ2) is 9.82. The standard InChI is InChI=1S/C17H25N3O3/c1-4-8-19-14(5-2)16(22)12-18-9-6-10-20-11-7-15(21)17(23)13(20)3/h1,7,11,14,18-19,23H,5-6,8-10,12H2,2-3H3. The van der Waals surface area contributed by atoms with Gasteiger partial charge in [-0.2, -0.15) is 0 Å². The number of pyridine rings is 1. The highest BCUT2D eigenvalue weighted by Crippen LogP contribution is 2.09. The van der Waals surface area contributed by atoms with Crippen LogP contribution in [-0.2, 0) is 11.3 Å². The number of nitrogens with one attached hydrogen (secondary N) is 2. The summed E-state index contributed by atoms with van der Waals surface area (Å²) >= 11 is 0. The monoisotopic (exact) mass is 319 g/mol. The third-order valence-electron chi connectivity index (χ3n) is 3.71. The summed E-state index contributed by atoms with van der Waals surface area (Å²) in [5, 5.41) is 15.7. The molecule has 0 aliphatic carbocycles. The van der Waals surface area contributed by atoms with Crippen molar-refractivity contribution in [3.05, 3.63) is 28.2 Å². The van der Waals surface area contributed by atoms with Gasteiger partial charge in [-0.25, -0.2) is 0 Å². The zero-order valence-electron chi connectivity index (χ0n) is 13.8. The number of aromatic nitrogens is 1. The third kappa shape index (κ3) is 5.89. The minimum atomic E-state index is -0.368. The van der Waals surface area contributed by atoms with Crippen LogP contribution in [0.2, 0.25) is 0 Å². The number of aryl methyl sites for hydroxylation is 1. The second-order valence-corrected chi connectivity index (χ2v) is 5.35. The fraction of sp³-hybridized carbons (Fsp3) is 0.529. The normalized spacial score (nSPS) is 11.9. The average Bonchev–Trinajstić information content (AvgIpc) is 2.55. The summed E-state index contributed by atoms with van der Waals surface area (Å²) in [5.41, 5.74) is 0.186. The maximum Gasteiger partial charge on any atom is 0.223 e. The maximum atomic E-state index is 12.0. The molecule has 6 heteroatoms. The molecule has 6 nitrogen and oxygen atoms in total. The highest BCUT2D eigenvalue weighted by Gasteiger charge is 2.14. The lowest BCUT2D eigenvalue weighted by atomic mass is 10.1. The molecule has 1 rings (SSSR count). The first-order valence-corrected chi connectivity index (χ1v) is 7.80. The number of hydrogen-bond acceptors (Lipinski definition) is 5. The Morgan fingerprint density at radius 2 is 2.26 bits per heavy atom. The smallest absolute Gasteiger partial charge is 0.223 e. The van der Waals surface area contributed by atoms with Crippen LogP contribution < -0.4 is 16.1 Å². The molecule has 0 bridgehead atoms. The molecule has 0 amide bonds. The fourth-order valence-electron chi connectivity index (χ4n) is 2.28. The van der Waals surface area contributed by atoms with Crippen molar-refractivity contribution < 1.29 is 9.90 Å². The average molecular weight is 319 g/mol. The summed E-state index contributed by atoms with van der Waals surface area (Å²) in [5.74, 6) is 2.36. The molecule has 0 aromatic carbocycles. The fourth-order valence-corrected chi connectivity index (χ4v) is 2.28. The van der Waals surface area contributed by atoms with Gasteiger partial charge in [0.1, 0.15) is 0 Å². The Balaban J connectivity index is 2.33. The van der Waals surface area contributed by atoms with E-state index in [9.17, 15) is 14.7 Å². The molecule has 1 unspecified atom stereocenters. The van der Waals surface area contributed by atoms with Crippen LogP contribution in [0.1, 0.15) is 25.5 Å². The van der Waals surface area contributed by atoms with Gasteiger partial charge in [0, 0.05) is 18.8 Å². The van der Waals surface area contributed by atoms with Gasteiger partial charge in [-0.1, -0.05) is 12.8 Å². The Hall–Kier alpha value is -2.10. The van der Waals surface area contributed by atoms with E-state index in [2.05, 4.69) is 16.6 Å². The van der Waals surface area contributed by atoms with E-state index in [4.69, 9.17) is 6.42 Å². The van der Waals surface area contributed by atoms with E-state index in [1.54, 1.807) is 13.1 Å². The minimum Gasteiger partial charge on any atom is -0.503 e. The van der Waals surface area contributed by atoms with E-state index in [0.717, 1.165) is 6.42 Å². The van der Waals surface area contributed by atoms with Crippen LogP contribution in [0.5, 0.6) is 5.75 Å². The third-order valence-corrected chi connectivity index (χ3v) is 3.71. The van der Waals surface area contributed by atoms with Crippen molar-refractivity contribution in [2.75, 3.05) is 19.6 Å². The van der Waals surface area contributed by atoms with Gasteiger partial charge in [-0.05, 0) is 26.3 Å². The Morgan fingerprint density at radius 1 is 1.52 bits per heavy atom. The van der Waals surface area contributed by atoms with Gasteiger partial charge in [0.25, 0.3) is 0 Å². The molecule has 1 aromatic heterocycles. The quantitative estimate of drug-likeness (QED) is 0.430. The Kier molecular flexibility index (Phi) is 8.09. The lowest BCUT2D eigenvalue weighted by molar-refractivity contribution is -0.120. The molecule has 0 fully saturated rings. The molecular formula is C17H25N3O3. The van der Waals surface area contributed by atoms with Crippen molar-refractivity contribution in [1.82, 2.24) is 15.2 Å². The Morgan fingerprint density at radius 3 is 2.91 bits per heavy atom. The molecule has 1 atom stereocenters. The summed E-state index contributed by atoms with van der Waals surface area (Å²) in [7, 11) is 0. The minimum absolute atomic E-state index is 0.0972.